The molecule has 1 aliphatic heterocycles. The van der Waals surface area contributed by atoms with Crippen molar-refractivity contribution in [3.8, 4) is 17.2 Å². The minimum Gasteiger partial charge on any atom is -0.496 e. The molecule has 1 aromatic rings. The van der Waals surface area contributed by atoms with Crippen molar-refractivity contribution < 1.29 is 14.2 Å². The summed E-state index contributed by atoms with van der Waals surface area (Å²) in [6.45, 7) is 8.69. The Morgan fingerprint density at radius 2 is 1.54 bits per heavy atom. The lowest BCUT2D eigenvalue weighted by molar-refractivity contribution is 0.154. The summed E-state index contributed by atoms with van der Waals surface area (Å²) in [6.07, 6.45) is 2.27. The zero-order valence-corrected chi connectivity index (χ0v) is 15.7. The van der Waals surface area contributed by atoms with Crippen molar-refractivity contribution in [3.63, 3.8) is 0 Å². The highest BCUT2D eigenvalue weighted by molar-refractivity contribution is 5.52. The van der Waals surface area contributed by atoms with Gasteiger partial charge in [-0.15, -0.1) is 0 Å². The van der Waals surface area contributed by atoms with Gasteiger partial charge >= 0.3 is 0 Å². The molecule has 0 amide bonds. The molecule has 0 aromatic heterocycles. The van der Waals surface area contributed by atoms with Crippen LogP contribution in [0.1, 0.15) is 38.3 Å². The third kappa shape index (κ3) is 4.54. The van der Waals surface area contributed by atoms with Crippen LogP contribution in [0, 0.1) is 5.92 Å². The molecular weight excluding hydrogens is 304 g/mol. The molecule has 1 saturated heterocycles. The van der Waals surface area contributed by atoms with Crippen LogP contribution < -0.4 is 19.5 Å². The molecule has 1 fully saturated rings. The van der Waals surface area contributed by atoms with Gasteiger partial charge < -0.3 is 19.5 Å². The van der Waals surface area contributed by atoms with E-state index in [1.54, 1.807) is 21.3 Å². The number of benzene rings is 1. The highest BCUT2D eigenvalue weighted by Gasteiger charge is 2.28. The van der Waals surface area contributed by atoms with E-state index in [1.165, 1.54) is 6.42 Å². The van der Waals surface area contributed by atoms with Crippen LogP contribution in [0.4, 0.5) is 0 Å². The van der Waals surface area contributed by atoms with Gasteiger partial charge in [0.25, 0.3) is 0 Å². The first kappa shape index (κ1) is 18.9. The number of methoxy groups -OCH3 is 3. The van der Waals surface area contributed by atoms with Crippen LogP contribution in [0.2, 0.25) is 0 Å². The maximum absolute atomic E-state index is 5.71. The fourth-order valence-corrected chi connectivity index (χ4v) is 3.36. The number of ether oxygens (including phenoxy) is 3. The van der Waals surface area contributed by atoms with Gasteiger partial charge in [0, 0.05) is 44.4 Å². The first-order valence-corrected chi connectivity index (χ1v) is 8.85. The van der Waals surface area contributed by atoms with Crippen molar-refractivity contribution in [1.29, 1.82) is 0 Å². The van der Waals surface area contributed by atoms with Crippen LogP contribution in [-0.2, 0) is 0 Å². The summed E-state index contributed by atoms with van der Waals surface area (Å²) in [5.74, 6) is 3.12. The van der Waals surface area contributed by atoms with Crippen molar-refractivity contribution in [2.24, 2.45) is 5.92 Å². The van der Waals surface area contributed by atoms with Crippen LogP contribution >= 0.6 is 0 Å². The second-order valence-corrected chi connectivity index (χ2v) is 6.72. The number of nitrogens with zero attached hydrogens (tertiary/aromatic N) is 1. The molecule has 5 nitrogen and oxygen atoms in total. The molecule has 0 radical (unpaired) electrons. The molecule has 1 atom stereocenters. The van der Waals surface area contributed by atoms with Gasteiger partial charge in [-0.25, -0.2) is 0 Å². The summed E-state index contributed by atoms with van der Waals surface area (Å²) in [5.41, 5.74) is 1.14. The van der Waals surface area contributed by atoms with E-state index in [0.29, 0.717) is 12.0 Å². The normalized spacial score (nSPS) is 16.9. The fourth-order valence-electron chi connectivity index (χ4n) is 3.36. The van der Waals surface area contributed by atoms with Crippen molar-refractivity contribution in [1.82, 2.24) is 10.2 Å². The van der Waals surface area contributed by atoms with E-state index in [1.807, 2.05) is 12.1 Å². The van der Waals surface area contributed by atoms with Crippen LogP contribution in [0.3, 0.4) is 0 Å². The molecule has 2 rings (SSSR count). The van der Waals surface area contributed by atoms with E-state index < -0.39 is 0 Å². The zero-order valence-electron chi connectivity index (χ0n) is 15.7. The molecule has 1 heterocycles. The third-order valence-corrected chi connectivity index (χ3v) is 4.70. The summed E-state index contributed by atoms with van der Waals surface area (Å²) in [4.78, 5) is 2.55. The van der Waals surface area contributed by atoms with Crippen LogP contribution in [-0.4, -0.2) is 52.4 Å². The van der Waals surface area contributed by atoms with Gasteiger partial charge in [0.1, 0.15) is 17.2 Å². The summed E-state index contributed by atoms with van der Waals surface area (Å²) in [5, 5.41) is 3.44. The molecule has 0 aliphatic carbocycles. The summed E-state index contributed by atoms with van der Waals surface area (Å²) in [7, 11) is 5.10. The molecule has 0 bridgehead atoms. The minimum atomic E-state index is 0.297. The molecule has 1 aliphatic rings. The summed E-state index contributed by atoms with van der Waals surface area (Å²) >= 11 is 0. The molecular formula is C19H32N2O3. The lowest BCUT2D eigenvalue weighted by atomic mass is 9.94. The Bertz CT molecular complexity index is 488. The molecule has 1 aromatic carbocycles. The fraction of sp³-hybridized carbons (Fsp3) is 0.684. The second kappa shape index (κ2) is 9.14. The second-order valence-electron chi connectivity index (χ2n) is 6.72. The number of hydrogen-bond acceptors (Lipinski definition) is 5. The SMILES string of the molecule is COc1cc(OC)c([C@H](CCC(C)C)N2CCNCC2)c(OC)c1. The van der Waals surface area contributed by atoms with Crippen molar-refractivity contribution in [2.75, 3.05) is 47.5 Å². The Balaban J connectivity index is 2.42. The highest BCUT2D eigenvalue weighted by Crippen LogP contribution is 2.42. The van der Waals surface area contributed by atoms with E-state index in [-0.39, 0.29) is 0 Å². The standard InChI is InChI=1S/C19H32N2O3/c1-14(2)6-7-16(21-10-8-20-9-11-21)19-17(23-4)12-15(22-3)13-18(19)24-5/h12-14,16,20H,6-11H2,1-5H3/t16-/m0/s1. The van der Waals surface area contributed by atoms with Crippen molar-refractivity contribution in [3.05, 3.63) is 17.7 Å². The maximum atomic E-state index is 5.71. The number of rotatable bonds is 8. The largest absolute Gasteiger partial charge is 0.496 e. The number of piperazine rings is 1. The highest BCUT2D eigenvalue weighted by atomic mass is 16.5. The lowest BCUT2D eigenvalue weighted by Crippen LogP contribution is -2.45. The first-order chi connectivity index (χ1) is 11.6. The van der Waals surface area contributed by atoms with Gasteiger partial charge in [-0.3, -0.25) is 4.90 Å². The number of nitrogens with one attached hydrogen (secondary N) is 1. The van der Waals surface area contributed by atoms with E-state index in [0.717, 1.165) is 55.4 Å². The average Bonchev–Trinajstić information content (AvgIpc) is 2.62. The average molecular weight is 336 g/mol. The molecule has 24 heavy (non-hydrogen) atoms. The maximum Gasteiger partial charge on any atom is 0.131 e. The van der Waals surface area contributed by atoms with E-state index in [4.69, 9.17) is 14.2 Å². The number of hydrogen-bond donors (Lipinski definition) is 1. The van der Waals surface area contributed by atoms with Crippen LogP contribution in [0.15, 0.2) is 12.1 Å². The Hall–Kier alpha value is -1.46. The Kier molecular flexibility index (Phi) is 7.18. The van der Waals surface area contributed by atoms with Crippen LogP contribution in [0.5, 0.6) is 17.2 Å². The molecule has 5 heteroatoms. The first-order valence-electron chi connectivity index (χ1n) is 8.85. The van der Waals surface area contributed by atoms with Crippen LogP contribution in [0.25, 0.3) is 0 Å². The van der Waals surface area contributed by atoms with E-state index >= 15 is 0 Å². The topological polar surface area (TPSA) is 43.0 Å². The predicted molar refractivity (Wildman–Crippen MR) is 97.4 cm³/mol. The quantitative estimate of drug-likeness (QED) is 0.790. The minimum absolute atomic E-state index is 0.297. The molecule has 0 unspecified atom stereocenters. The zero-order chi connectivity index (χ0) is 17.5. The molecule has 1 N–H and O–H groups in total. The van der Waals surface area contributed by atoms with Gasteiger partial charge in [0.05, 0.1) is 26.9 Å². The van der Waals surface area contributed by atoms with E-state index in [9.17, 15) is 0 Å². The smallest absolute Gasteiger partial charge is 0.131 e. The van der Waals surface area contributed by atoms with Gasteiger partial charge in [-0.2, -0.15) is 0 Å². The van der Waals surface area contributed by atoms with Gasteiger partial charge in [0.2, 0.25) is 0 Å². The Morgan fingerprint density at radius 3 is 2.00 bits per heavy atom. The van der Waals surface area contributed by atoms with Gasteiger partial charge in [-0.05, 0) is 18.8 Å². The predicted octanol–water partition coefficient (Wildman–Crippen LogP) is 3.09. The molecule has 0 saturated carbocycles. The van der Waals surface area contributed by atoms with Crippen molar-refractivity contribution >= 4 is 0 Å². The van der Waals surface area contributed by atoms with E-state index in [2.05, 4.69) is 24.1 Å². The van der Waals surface area contributed by atoms with Gasteiger partial charge in [-0.1, -0.05) is 13.8 Å². The summed E-state index contributed by atoms with van der Waals surface area (Å²) < 4.78 is 16.8. The van der Waals surface area contributed by atoms with Crippen molar-refractivity contribution in [2.45, 2.75) is 32.7 Å². The lowest BCUT2D eigenvalue weighted by Gasteiger charge is -2.37. The van der Waals surface area contributed by atoms with Gasteiger partial charge in [0.15, 0.2) is 0 Å². The monoisotopic (exact) mass is 336 g/mol. The Labute approximate surface area is 146 Å². The molecule has 136 valence electrons. The molecule has 0 spiro atoms. The summed E-state index contributed by atoms with van der Waals surface area (Å²) in [6, 6.07) is 4.22. The third-order valence-electron chi connectivity index (χ3n) is 4.70. The Morgan fingerprint density at radius 1 is 0.958 bits per heavy atom.